The lowest BCUT2D eigenvalue weighted by atomic mass is 10.2. The van der Waals surface area contributed by atoms with Crippen molar-refractivity contribution in [2.24, 2.45) is 0 Å². The van der Waals surface area contributed by atoms with Crippen LogP contribution in [-0.2, 0) is 0 Å². The van der Waals surface area contributed by atoms with Gasteiger partial charge in [-0.3, -0.25) is 0 Å². The molecule has 0 aliphatic rings. The van der Waals surface area contributed by atoms with Gasteiger partial charge in [-0.25, -0.2) is 0 Å². The molecule has 4 heteroatoms. The molecule has 0 heterocycles. The maximum Gasteiger partial charge on any atom is 0.117 e. The summed E-state index contributed by atoms with van der Waals surface area (Å²) in [5.41, 5.74) is 6.76. The number of aliphatic hydroxyl groups is 1. The molecule has 1 rings (SSSR count). The number of nitrogens with two attached hydrogens (primary N) is 1. The van der Waals surface area contributed by atoms with Crippen molar-refractivity contribution >= 4 is 11.4 Å². The summed E-state index contributed by atoms with van der Waals surface area (Å²) in [6.45, 7) is 0.509. The molecule has 0 radical (unpaired) electrons. The number of hydrogen-bond acceptors (Lipinski definition) is 4. The maximum atomic E-state index is 9.01. The van der Waals surface area contributed by atoms with Gasteiger partial charge in [-0.05, 0) is 12.1 Å². The van der Waals surface area contributed by atoms with Crippen LogP contribution >= 0.6 is 0 Å². The molecule has 0 saturated carbocycles. The van der Waals surface area contributed by atoms with Crippen LogP contribution in [0.3, 0.4) is 0 Å². The highest BCUT2D eigenvalue weighted by Gasteiger charge is 1.97. The van der Waals surface area contributed by atoms with Crippen molar-refractivity contribution < 1.29 is 10.2 Å². The molecule has 5 N–H and O–H groups in total. The number of nitrogens with one attached hydrogen (secondary N) is 1. The minimum absolute atomic E-state index is 0.0559. The number of aliphatic hydroxyl groups excluding tert-OH is 1. The molecule has 4 nitrogen and oxygen atoms in total. The molecule has 0 aromatic heterocycles. The van der Waals surface area contributed by atoms with E-state index >= 15 is 0 Å². The first-order chi connectivity index (χ1) is 5.74. The number of phenols is 1. The van der Waals surface area contributed by atoms with E-state index in [0.29, 0.717) is 12.2 Å². The first kappa shape index (κ1) is 8.67. The summed E-state index contributed by atoms with van der Waals surface area (Å²) < 4.78 is 0. The minimum Gasteiger partial charge on any atom is -0.508 e. The van der Waals surface area contributed by atoms with Crippen molar-refractivity contribution in [3.8, 4) is 5.75 Å². The number of phenolic OH excluding ortho intramolecular Hbond substituents is 1. The Bertz CT molecular complexity index is 263. The lowest BCUT2D eigenvalue weighted by Crippen LogP contribution is -2.07. The average molecular weight is 168 g/mol. The molecule has 0 fully saturated rings. The van der Waals surface area contributed by atoms with Crippen molar-refractivity contribution in [3.05, 3.63) is 18.2 Å². The summed E-state index contributed by atoms with van der Waals surface area (Å²) in [5.74, 6) is 0.141. The van der Waals surface area contributed by atoms with Gasteiger partial charge in [0.1, 0.15) is 5.75 Å². The van der Waals surface area contributed by atoms with E-state index in [1.165, 1.54) is 12.1 Å². The molecule has 0 saturated heterocycles. The van der Waals surface area contributed by atoms with Crippen molar-refractivity contribution in [1.82, 2.24) is 0 Å². The second kappa shape index (κ2) is 3.82. The van der Waals surface area contributed by atoms with Crippen LogP contribution in [0.2, 0.25) is 0 Å². The lowest BCUT2D eigenvalue weighted by molar-refractivity contribution is 0.311. The van der Waals surface area contributed by atoms with Gasteiger partial charge < -0.3 is 21.3 Å². The molecule has 0 spiro atoms. The van der Waals surface area contributed by atoms with Gasteiger partial charge in [-0.2, -0.15) is 0 Å². The van der Waals surface area contributed by atoms with Crippen molar-refractivity contribution in [1.29, 1.82) is 0 Å². The minimum atomic E-state index is 0.0559. The quantitative estimate of drug-likeness (QED) is 0.388. The summed E-state index contributed by atoms with van der Waals surface area (Å²) >= 11 is 0. The molecular formula is C8H12N2O2. The smallest absolute Gasteiger partial charge is 0.117 e. The Hall–Kier alpha value is -1.42. The lowest BCUT2D eigenvalue weighted by Gasteiger charge is -2.07. The molecule has 1 aromatic rings. The first-order valence-electron chi connectivity index (χ1n) is 3.67. The van der Waals surface area contributed by atoms with Crippen LogP contribution in [-0.4, -0.2) is 23.4 Å². The second-order valence-electron chi connectivity index (χ2n) is 2.42. The summed E-state index contributed by atoms with van der Waals surface area (Å²) in [4.78, 5) is 0. The third kappa shape index (κ3) is 2.03. The van der Waals surface area contributed by atoms with E-state index in [0.717, 1.165) is 5.69 Å². The Kier molecular flexibility index (Phi) is 2.76. The Labute approximate surface area is 70.6 Å². The van der Waals surface area contributed by atoms with Gasteiger partial charge in [0.25, 0.3) is 0 Å². The van der Waals surface area contributed by atoms with Crippen LogP contribution in [0.4, 0.5) is 11.4 Å². The highest BCUT2D eigenvalue weighted by Crippen LogP contribution is 2.22. The van der Waals surface area contributed by atoms with Gasteiger partial charge >= 0.3 is 0 Å². The van der Waals surface area contributed by atoms with Gasteiger partial charge in [-0.1, -0.05) is 0 Å². The molecular weight excluding hydrogens is 156 g/mol. The molecule has 0 atom stereocenters. The Morgan fingerprint density at radius 3 is 2.75 bits per heavy atom. The molecule has 66 valence electrons. The topological polar surface area (TPSA) is 78.5 Å². The maximum absolute atomic E-state index is 9.01. The normalized spacial score (nSPS) is 9.75. The molecule has 0 aliphatic heterocycles. The number of benzene rings is 1. The molecule has 0 unspecified atom stereocenters. The van der Waals surface area contributed by atoms with E-state index in [-0.39, 0.29) is 12.4 Å². The second-order valence-corrected chi connectivity index (χ2v) is 2.42. The van der Waals surface area contributed by atoms with E-state index in [2.05, 4.69) is 5.32 Å². The van der Waals surface area contributed by atoms with Crippen LogP contribution in [0.15, 0.2) is 18.2 Å². The van der Waals surface area contributed by atoms with Crippen LogP contribution in [0.5, 0.6) is 5.75 Å². The van der Waals surface area contributed by atoms with Crippen LogP contribution in [0, 0.1) is 0 Å². The molecule has 12 heavy (non-hydrogen) atoms. The highest BCUT2D eigenvalue weighted by atomic mass is 16.3. The van der Waals surface area contributed by atoms with E-state index in [9.17, 15) is 0 Å². The highest BCUT2D eigenvalue weighted by molar-refractivity contribution is 5.67. The van der Waals surface area contributed by atoms with Gasteiger partial charge in [0.15, 0.2) is 0 Å². The Balaban J connectivity index is 2.72. The molecule has 0 aliphatic carbocycles. The van der Waals surface area contributed by atoms with E-state index < -0.39 is 0 Å². The summed E-state index contributed by atoms with van der Waals surface area (Å²) in [5, 5.41) is 20.4. The summed E-state index contributed by atoms with van der Waals surface area (Å²) in [6.07, 6.45) is 0. The SMILES string of the molecule is Nc1cc(O)ccc1NCCO. The zero-order valence-corrected chi connectivity index (χ0v) is 6.62. The summed E-state index contributed by atoms with van der Waals surface area (Å²) in [7, 11) is 0. The Morgan fingerprint density at radius 1 is 1.42 bits per heavy atom. The van der Waals surface area contributed by atoms with E-state index in [4.69, 9.17) is 15.9 Å². The van der Waals surface area contributed by atoms with Gasteiger partial charge in [-0.15, -0.1) is 0 Å². The first-order valence-corrected chi connectivity index (χ1v) is 3.67. The zero-order valence-electron chi connectivity index (χ0n) is 6.62. The van der Waals surface area contributed by atoms with Crippen LogP contribution in [0.1, 0.15) is 0 Å². The van der Waals surface area contributed by atoms with Gasteiger partial charge in [0.2, 0.25) is 0 Å². The number of anilines is 2. The van der Waals surface area contributed by atoms with E-state index in [1.807, 2.05) is 0 Å². The van der Waals surface area contributed by atoms with Gasteiger partial charge in [0.05, 0.1) is 18.0 Å². The average Bonchev–Trinajstić information content (AvgIpc) is 2.03. The number of rotatable bonds is 3. The third-order valence-electron chi connectivity index (χ3n) is 1.46. The third-order valence-corrected chi connectivity index (χ3v) is 1.46. The largest absolute Gasteiger partial charge is 0.508 e. The monoisotopic (exact) mass is 168 g/mol. The standard InChI is InChI=1S/C8H12N2O2/c9-7-5-6(12)1-2-8(7)10-3-4-11/h1-2,5,10-12H,3-4,9H2. The fraction of sp³-hybridized carbons (Fsp3) is 0.250. The van der Waals surface area contributed by atoms with Crippen LogP contribution < -0.4 is 11.1 Å². The number of hydrogen-bond donors (Lipinski definition) is 4. The fourth-order valence-corrected chi connectivity index (χ4v) is 0.902. The predicted octanol–water partition coefficient (Wildman–Crippen LogP) is 0.379. The number of aromatic hydroxyl groups is 1. The predicted molar refractivity (Wildman–Crippen MR) is 48.1 cm³/mol. The molecule has 0 bridgehead atoms. The zero-order chi connectivity index (χ0) is 8.97. The van der Waals surface area contributed by atoms with Gasteiger partial charge in [0, 0.05) is 12.6 Å². The fourth-order valence-electron chi connectivity index (χ4n) is 0.902. The van der Waals surface area contributed by atoms with Crippen molar-refractivity contribution in [3.63, 3.8) is 0 Å². The molecule has 0 amide bonds. The van der Waals surface area contributed by atoms with Crippen molar-refractivity contribution in [2.45, 2.75) is 0 Å². The Morgan fingerprint density at radius 2 is 2.17 bits per heavy atom. The number of nitrogen functional groups attached to an aromatic ring is 1. The van der Waals surface area contributed by atoms with Crippen LogP contribution in [0.25, 0.3) is 0 Å². The molecule has 1 aromatic carbocycles. The summed E-state index contributed by atoms with van der Waals surface area (Å²) in [6, 6.07) is 4.66. The van der Waals surface area contributed by atoms with E-state index in [1.54, 1.807) is 6.07 Å². The van der Waals surface area contributed by atoms with Crippen molar-refractivity contribution in [2.75, 3.05) is 24.2 Å².